The minimum Gasteiger partial charge on any atom is -0.760 e. The highest BCUT2D eigenvalue weighted by molar-refractivity contribution is 7.77. The van der Waals surface area contributed by atoms with Crippen LogP contribution in [0.5, 0.6) is 0 Å². The summed E-state index contributed by atoms with van der Waals surface area (Å²) in [6.07, 6.45) is 14.0. The van der Waals surface area contributed by atoms with Gasteiger partial charge in [-0.05, 0) is 108 Å². The first-order chi connectivity index (χ1) is 32.6. The van der Waals surface area contributed by atoms with Crippen LogP contribution in [0, 0.1) is 35.5 Å². The predicted octanol–water partition coefficient (Wildman–Crippen LogP) is 5.96. The highest BCUT2D eigenvalue weighted by atomic mass is 32.2. The van der Waals surface area contributed by atoms with Crippen molar-refractivity contribution in [2.75, 3.05) is 27.9 Å². The van der Waals surface area contributed by atoms with Crippen molar-refractivity contribution < 1.29 is 66.6 Å². The van der Waals surface area contributed by atoms with Crippen molar-refractivity contribution in [1.82, 2.24) is 9.62 Å². The van der Waals surface area contributed by atoms with Crippen molar-refractivity contribution in [3.63, 3.8) is 0 Å². The summed E-state index contributed by atoms with van der Waals surface area (Å²) in [7, 11) is 4.29. The number of cyclic esters (lactones) is 1. The molecule has 2 heterocycles. The molecule has 2 bridgehead atoms. The largest absolute Gasteiger partial charge is 0.760 e. The Morgan fingerprint density at radius 3 is 2.26 bits per heavy atom. The molecule has 0 aromatic carbocycles. The number of allylic oxidation sites excluding steroid dienone is 6. The molecule has 69 heavy (non-hydrogen) atoms. The summed E-state index contributed by atoms with van der Waals surface area (Å²) in [4.78, 5) is 70.6. The van der Waals surface area contributed by atoms with Gasteiger partial charge in [0.05, 0.1) is 18.3 Å². The van der Waals surface area contributed by atoms with E-state index >= 15 is 0 Å². The van der Waals surface area contributed by atoms with Crippen molar-refractivity contribution >= 4 is 40.5 Å². The second-order valence-electron chi connectivity index (χ2n) is 20.3. The Morgan fingerprint density at radius 2 is 1.61 bits per heavy atom. The number of methoxy groups -OCH3 is 2. The Kier molecular flexibility index (Phi) is 23.3. The summed E-state index contributed by atoms with van der Waals surface area (Å²) >= 11 is -2.68. The lowest BCUT2D eigenvalue weighted by Crippen LogP contribution is -2.59. The van der Waals surface area contributed by atoms with Crippen molar-refractivity contribution in [3.8, 4) is 0 Å². The van der Waals surface area contributed by atoms with E-state index in [0.717, 1.165) is 36.5 Å². The molecule has 3 fully saturated rings. The number of nitrogens with one attached hydrogen (secondary N) is 1. The molecule has 16 nitrogen and oxygen atoms in total. The van der Waals surface area contributed by atoms with Crippen LogP contribution in [-0.2, 0) is 58.9 Å². The van der Waals surface area contributed by atoms with Crippen LogP contribution in [0.15, 0.2) is 47.6 Å². The molecule has 2 saturated carbocycles. The maximum absolute atomic E-state index is 14.1. The number of hydrogen-bond acceptors (Lipinski definition) is 14. The third kappa shape index (κ3) is 16.9. The molecule has 1 amide bonds. The lowest BCUT2D eigenvalue weighted by Gasteiger charge is -2.42. The van der Waals surface area contributed by atoms with Crippen molar-refractivity contribution in [3.05, 3.63) is 47.6 Å². The number of ether oxygens (including phenoxy) is 5. The first kappa shape index (κ1) is 58.3. The summed E-state index contributed by atoms with van der Waals surface area (Å²) in [5.74, 6) is -7.97. The molecule has 0 radical (unpaired) electrons. The number of aliphatic hydroxyl groups is 2. The number of aliphatic hydroxyl groups excluding tert-OH is 1. The van der Waals surface area contributed by atoms with Crippen LogP contribution in [0.4, 0.5) is 0 Å². The highest BCUT2D eigenvalue weighted by Crippen LogP contribution is 2.38. The summed E-state index contributed by atoms with van der Waals surface area (Å²) in [6, 6.07) is -2.12. The van der Waals surface area contributed by atoms with Crippen LogP contribution in [0.2, 0.25) is 0 Å². The Hall–Kier alpha value is -3.26. The number of likely N-dealkylation sites (N-methyl/N-ethyl adjacent to an activating group) is 1. The van der Waals surface area contributed by atoms with E-state index in [2.05, 4.69) is 4.72 Å². The number of amides is 1. The van der Waals surface area contributed by atoms with E-state index in [-0.39, 0.29) is 54.9 Å². The Bertz CT molecular complexity index is 1900. The molecule has 15 atom stereocenters. The number of nitrogens with zero attached hydrogens (tertiary/aromatic N) is 1. The molecule has 4 rings (SSSR count). The first-order valence-corrected chi connectivity index (χ1v) is 26.1. The van der Waals surface area contributed by atoms with Gasteiger partial charge in [-0.3, -0.25) is 23.4 Å². The van der Waals surface area contributed by atoms with Crippen LogP contribution in [-0.4, -0.2) is 135 Å². The fourth-order valence-electron chi connectivity index (χ4n) is 9.71. The summed E-state index contributed by atoms with van der Waals surface area (Å²) in [5.41, 5.74) is 0.977. The van der Waals surface area contributed by atoms with Crippen molar-refractivity contribution in [2.24, 2.45) is 35.5 Å². The van der Waals surface area contributed by atoms with E-state index in [4.69, 9.17) is 23.7 Å². The third-order valence-corrected chi connectivity index (χ3v) is 15.4. The monoisotopic (exact) mass is 990 g/mol. The normalized spacial score (nSPS) is 38.3. The molecule has 0 aromatic heterocycles. The second-order valence-corrected chi connectivity index (χ2v) is 21.0. The molecule has 390 valence electrons. The standard InChI is InChI=1S/C52H82N2O14S/c1-31-16-14-12-11-13-15-17-32(2)46(56)48(65-10)47(57)35(5)26-33(3)42(55)30-44(34(4)27-39-21-23-43(45(28-39)64-9)66-25-24-38-19-20-38)67-51(60)37(7)54(8)50(59)49(58)52(61)36(6)18-22-40(68-52)29-41(31)53-69(62)63/h11-14,16,26,32-34,36-41,43-45,47-48,53,57,61H,15,17-25,27-30H2,1-10H3,(H,62,63)/p-1/b13-11-,14-12-,31-16-,35-26-/t32?,33?,34-,36+,37?,39+,40-,41?,43-,44?,45-,47?,48?,52+/m1/s1. The van der Waals surface area contributed by atoms with Crippen molar-refractivity contribution in [1.29, 1.82) is 0 Å². The first-order valence-electron chi connectivity index (χ1n) is 25.0. The van der Waals surface area contributed by atoms with E-state index < -0.39 is 89.0 Å². The van der Waals surface area contributed by atoms with E-state index in [1.807, 2.05) is 13.0 Å². The molecule has 2 aliphatic carbocycles. The Labute approximate surface area is 412 Å². The highest BCUT2D eigenvalue weighted by Gasteiger charge is 2.52. The van der Waals surface area contributed by atoms with Gasteiger partial charge in [0.2, 0.25) is 5.79 Å². The van der Waals surface area contributed by atoms with Gasteiger partial charge in [0, 0.05) is 69.4 Å². The maximum atomic E-state index is 14.1. The Morgan fingerprint density at radius 1 is 0.913 bits per heavy atom. The number of carbonyl (C=O) groups is 5. The minimum absolute atomic E-state index is 0.0224. The molecule has 0 aromatic rings. The van der Waals surface area contributed by atoms with Crippen LogP contribution in [0.1, 0.15) is 132 Å². The molecule has 8 unspecified atom stereocenters. The zero-order valence-corrected chi connectivity index (χ0v) is 43.4. The fraction of sp³-hybridized carbons (Fsp3) is 0.750. The molecule has 3 N–H and O–H groups in total. The zero-order chi connectivity index (χ0) is 51.2. The minimum atomic E-state index is -2.68. The van der Waals surface area contributed by atoms with Crippen LogP contribution in [0.3, 0.4) is 0 Å². The predicted molar refractivity (Wildman–Crippen MR) is 260 cm³/mol. The number of carbonyl (C=O) groups excluding carboxylic acids is 5. The summed E-state index contributed by atoms with van der Waals surface area (Å²) < 4.78 is 56.1. The molecule has 17 heteroatoms. The second kappa shape index (κ2) is 27.5. The molecule has 1 saturated heterocycles. The van der Waals surface area contributed by atoms with Crippen LogP contribution >= 0.6 is 0 Å². The zero-order valence-electron chi connectivity index (χ0n) is 42.6. The van der Waals surface area contributed by atoms with Crippen LogP contribution < -0.4 is 4.72 Å². The SMILES string of the molecule is COC1C(=O)C(C)CC\C=C/C=C\C=C(\C)C(NS(=O)[O-])C[C@H]2CC[C@H](C)[C@](O)(O2)C(=O)C(=O)N(C)C(C)C(=O)OC([C@H](C)C[C@@H]2CC[C@@H](OCCC3CC3)[C@H](OC)C2)CC(=O)C(C)/C=C(/C)C1O. The van der Waals surface area contributed by atoms with E-state index in [9.17, 15) is 42.9 Å². The maximum Gasteiger partial charge on any atom is 0.328 e. The van der Waals surface area contributed by atoms with Crippen molar-refractivity contribution in [2.45, 2.75) is 186 Å². The van der Waals surface area contributed by atoms with Gasteiger partial charge in [0.15, 0.2) is 5.78 Å². The summed E-state index contributed by atoms with van der Waals surface area (Å²) in [6.45, 7) is 12.4. The number of esters is 1. The quantitative estimate of drug-likeness (QED) is 0.0940. The van der Waals surface area contributed by atoms with Gasteiger partial charge in [0.1, 0.15) is 30.1 Å². The van der Waals surface area contributed by atoms with Gasteiger partial charge in [-0.2, -0.15) is 0 Å². The smallest absolute Gasteiger partial charge is 0.328 e. The fourth-order valence-corrected chi connectivity index (χ4v) is 10.2. The van der Waals surface area contributed by atoms with Gasteiger partial charge >= 0.3 is 5.97 Å². The average molecular weight is 990 g/mol. The van der Waals surface area contributed by atoms with Gasteiger partial charge in [-0.25, -0.2) is 9.52 Å². The Balaban J connectivity index is 1.63. The molecule has 2 aliphatic heterocycles. The van der Waals surface area contributed by atoms with Crippen LogP contribution in [0.25, 0.3) is 0 Å². The average Bonchev–Trinajstić information content (AvgIpc) is 4.15. The number of Topliss-reactive ketones (excluding diaryl/α,β-unsaturated/α-hetero) is 3. The van der Waals surface area contributed by atoms with Gasteiger partial charge < -0.3 is 43.4 Å². The lowest BCUT2D eigenvalue weighted by atomic mass is 9.78. The molecular formula is C52H81N2O14S-. The topological polar surface area (TPSA) is 227 Å². The number of hydrogen-bond donors (Lipinski definition) is 3. The van der Waals surface area contributed by atoms with Gasteiger partial charge in [0.25, 0.3) is 11.7 Å². The third-order valence-electron chi connectivity index (χ3n) is 15.0. The van der Waals surface area contributed by atoms with Gasteiger partial charge in [-0.1, -0.05) is 82.6 Å². The van der Waals surface area contributed by atoms with E-state index in [1.54, 1.807) is 72.1 Å². The molecule has 4 aliphatic rings. The van der Waals surface area contributed by atoms with E-state index in [1.165, 1.54) is 33.9 Å². The number of ketones is 3. The molecular weight excluding hydrogens is 909 g/mol. The number of fused-ring (bicyclic) bond motifs is 2. The lowest BCUT2D eigenvalue weighted by molar-refractivity contribution is -0.263. The molecule has 0 spiro atoms. The van der Waals surface area contributed by atoms with E-state index in [0.29, 0.717) is 43.4 Å². The number of rotatable bonds is 11. The van der Waals surface area contributed by atoms with Gasteiger partial charge in [-0.15, -0.1) is 0 Å². The summed E-state index contributed by atoms with van der Waals surface area (Å²) in [5, 5.41) is 23.2.